The van der Waals surface area contributed by atoms with Crippen LogP contribution in [0.1, 0.15) is 39.5 Å². The summed E-state index contributed by atoms with van der Waals surface area (Å²) in [5.74, 6) is -1.92. The molecule has 6 heteroatoms. The van der Waals surface area contributed by atoms with Gasteiger partial charge in [0.2, 0.25) is 0 Å². The molecule has 0 rings (SSSR count). The second-order valence-corrected chi connectivity index (χ2v) is 2.24. The molecule has 5 nitrogen and oxygen atoms in total. The predicted molar refractivity (Wildman–Crippen MR) is 40.5 cm³/mol. The molecule has 0 heterocycles. The van der Waals surface area contributed by atoms with Crippen molar-refractivity contribution in [3.8, 4) is 0 Å². The zero-order chi connectivity index (χ0) is 9.98. The molecule has 0 aliphatic heterocycles. The van der Waals surface area contributed by atoms with Crippen LogP contribution in [0.15, 0.2) is 0 Å². The molecule has 0 atom stereocenters. The number of carbonyl (C=O) groups excluding carboxylic acids is 2. The van der Waals surface area contributed by atoms with Crippen molar-refractivity contribution in [1.29, 1.82) is 0 Å². The molecule has 0 aliphatic rings. The molecule has 0 aromatic rings. The van der Waals surface area contributed by atoms with Crippen molar-refractivity contribution in [3.05, 3.63) is 0 Å². The Bertz CT molecular complexity index is 122. The molecule has 0 unspecified atom stereocenters. The van der Waals surface area contributed by atoms with Gasteiger partial charge in [0.25, 0.3) is 0 Å². The largest absolute Gasteiger partial charge is 4.00 e. The minimum Gasteiger partial charge on any atom is -2.00 e. The minimum absolute atomic E-state index is 0. The molecule has 0 bridgehead atoms. The van der Waals surface area contributed by atoms with Gasteiger partial charge in [0.15, 0.2) is 0 Å². The topological polar surface area (TPSA) is 109 Å². The van der Waals surface area contributed by atoms with Crippen LogP contribution in [0.3, 0.4) is 0 Å². The van der Waals surface area contributed by atoms with Gasteiger partial charge in [0.05, 0.1) is 0 Å². The summed E-state index contributed by atoms with van der Waals surface area (Å²) >= 11 is 0. The summed E-state index contributed by atoms with van der Waals surface area (Å²) in [6.07, 6.45) is 1.70. The molecule has 0 saturated heterocycles. The van der Waals surface area contributed by atoms with Crippen LogP contribution < -0.4 is 10.2 Å². The Morgan fingerprint density at radius 3 is 1.14 bits per heavy atom. The van der Waals surface area contributed by atoms with Crippen LogP contribution in [0.25, 0.3) is 0 Å². The Hall–Kier alpha value is -0.230. The van der Waals surface area contributed by atoms with Crippen LogP contribution in [0.4, 0.5) is 0 Å². The van der Waals surface area contributed by atoms with Crippen molar-refractivity contribution in [2.24, 2.45) is 0 Å². The average molecular weight is 369 g/mol. The van der Waals surface area contributed by atoms with Gasteiger partial charge in [-0.1, -0.05) is 26.7 Å². The summed E-state index contributed by atoms with van der Waals surface area (Å²) in [6.45, 7) is 3.60. The van der Waals surface area contributed by atoms with E-state index in [9.17, 15) is 19.8 Å². The van der Waals surface area contributed by atoms with Gasteiger partial charge < -0.3 is 25.3 Å². The molecule has 0 N–H and O–H groups in total. The average Bonchev–Trinajstić information content (AvgIpc) is 1.87. The first kappa shape index (κ1) is 23.5. The second-order valence-electron chi connectivity index (χ2n) is 2.24. The van der Waals surface area contributed by atoms with E-state index in [-0.39, 0.29) is 44.2 Å². The fourth-order valence-corrected chi connectivity index (χ4v) is 0.408. The Labute approximate surface area is 103 Å². The zero-order valence-electron chi connectivity index (χ0n) is 8.37. The maximum Gasteiger partial charge on any atom is 4.00 e. The van der Waals surface area contributed by atoms with Crippen LogP contribution in [0.2, 0.25) is 0 Å². The number of carboxylic acids is 2. The fourth-order valence-electron chi connectivity index (χ4n) is 0.408. The maximum atomic E-state index is 9.49. The summed E-state index contributed by atoms with van der Waals surface area (Å²) in [7, 11) is 0. The Morgan fingerprint density at radius 1 is 0.929 bits per heavy atom. The quantitative estimate of drug-likeness (QED) is 0.590. The molecular weight excluding hydrogens is 355 g/mol. The van der Waals surface area contributed by atoms with E-state index in [1.165, 1.54) is 0 Å². The molecular formula is C8H14HfO5. The van der Waals surface area contributed by atoms with Crippen LogP contribution in [-0.4, -0.2) is 11.9 Å². The Balaban J connectivity index is -0.0000000625. The first-order chi connectivity index (χ1) is 5.54. The van der Waals surface area contributed by atoms with Crippen LogP contribution in [-0.2, 0) is 40.9 Å². The van der Waals surface area contributed by atoms with Gasteiger partial charge in [0, 0.05) is 11.9 Å². The van der Waals surface area contributed by atoms with Crippen molar-refractivity contribution in [2.75, 3.05) is 0 Å². The van der Waals surface area contributed by atoms with E-state index in [0.717, 1.165) is 0 Å². The molecule has 0 amide bonds. The third kappa shape index (κ3) is 41.0. The summed E-state index contributed by atoms with van der Waals surface area (Å²) < 4.78 is 0. The van der Waals surface area contributed by atoms with Gasteiger partial charge in [-0.3, -0.25) is 0 Å². The van der Waals surface area contributed by atoms with E-state index in [1.807, 2.05) is 0 Å². The molecule has 0 radical (unpaired) electrons. The molecule has 14 heavy (non-hydrogen) atoms. The van der Waals surface area contributed by atoms with Crippen molar-refractivity contribution in [3.63, 3.8) is 0 Å². The number of aliphatic carboxylic acids is 2. The van der Waals surface area contributed by atoms with Crippen LogP contribution in [0.5, 0.6) is 0 Å². The van der Waals surface area contributed by atoms with E-state index < -0.39 is 11.9 Å². The van der Waals surface area contributed by atoms with Gasteiger partial charge >= 0.3 is 25.8 Å². The molecule has 0 aromatic heterocycles. The summed E-state index contributed by atoms with van der Waals surface area (Å²) in [4.78, 5) is 19.0. The number of hydrogen-bond donors (Lipinski definition) is 0. The molecule has 0 fully saturated rings. The van der Waals surface area contributed by atoms with Crippen LogP contribution >= 0.6 is 0 Å². The third-order valence-electron chi connectivity index (χ3n) is 0.908. The SMILES string of the molecule is CCCC(=O)[O-].CCCC(=O)[O-].[Hf+4].[O-2]. The normalized spacial score (nSPS) is 7.00. The summed E-state index contributed by atoms with van der Waals surface area (Å²) in [5.41, 5.74) is 0. The summed E-state index contributed by atoms with van der Waals surface area (Å²) in [5, 5.41) is 19.0. The first-order valence-corrected chi connectivity index (χ1v) is 3.94. The van der Waals surface area contributed by atoms with Gasteiger partial charge in [-0.25, -0.2) is 0 Å². The van der Waals surface area contributed by atoms with Crippen LogP contribution in [0, 0.1) is 0 Å². The number of carboxylic acid groups (broad SMARTS) is 2. The molecule has 0 aromatic carbocycles. The van der Waals surface area contributed by atoms with Gasteiger partial charge in [-0.05, 0) is 12.8 Å². The molecule has 0 aliphatic carbocycles. The fraction of sp³-hybridized carbons (Fsp3) is 0.750. The zero-order valence-corrected chi connectivity index (χ0v) is 12.0. The minimum atomic E-state index is -0.961. The number of rotatable bonds is 4. The van der Waals surface area contributed by atoms with Crippen molar-refractivity contribution in [1.82, 2.24) is 0 Å². The van der Waals surface area contributed by atoms with E-state index in [0.29, 0.717) is 12.8 Å². The number of hydrogen-bond acceptors (Lipinski definition) is 4. The second kappa shape index (κ2) is 18.5. The van der Waals surface area contributed by atoms with Crippen molar-refractivity contribution >= 4 is 11.9 Å². The Kier molecular flexibility index (Phi) is 31.1. The van der Waals surface area contributed by atoms with Gasteiger partial charge in [0.1, 0.15) is 0 Å². The van der Waals surface area contributed by atoms with E-state index in [1.54, 1.807) is 13.8 Å². The first-order valence-electron chi connectivity index (χ1n) is 3.94. The third-order valence-corrected chi connectivity index (χ3v) is 0.908. The van der Waals surface area contributed by atoms with Crippen molar-refractivity contribution < 1.29 is 51.1 Å². The van der Waals surface area contributed by atoms with Gasteiger partial charge in [-0.2, -0.15) is 0 Å². The number of carbonyl (C=O) groups is 2. The van der Waals surface area contributed by atoms with Gasteiger partial charge in [-0.15, -0.1) is 0 Å². The smallest absolute Gasteiger partial charge is 2.00 e. The Morgan fingerprint density at radius 2 is 1.14 bits per heavy atom. The van der Waals surface area contributed by atoms with E-state index >= 15 is 0 Å². The monoisotopic (exact) mass is 370 g/mol. The molecule has 0 saturated carbocycles. The van der Waals surface area contributed by atoms with E-state index in [2.05, 4.69) is 0 Å². The summed E-state index contributed by atoms with van der Waals surface area (Å²) in [6, 6.07) is 0. The van der Waals surface area contributed by atoms with Crippen molar-refractivity contribution in [2.45, 2.75) is 39.5 Å². The standard InChI is InChI=1S/2C4H8O2.Hf.O/c2*1-2-3-4(5)6;;/h2*2-3H2,1H3,(H,5,6);;/q;;+4;-2/p-2. The molecule has 80 valence electrons. The predicted octanol–water partition coefficient (Wildman–Crippen LogP) is -1.05. The maximum absolute atomic E-state index is 9.49. The van der Waals surface area contributed by atoms with E-state index in [4.69, 9.17) is 0 Å². The molecule has 0 spiro atoms.